The molecule has 0 radical (unpaired) electrons. The highest BCUT2D eigenvalue weighted by molar-refractivity contribution is 7.99. The molecule has 0 aliphatic carbocycles. The van der Waals surface area contributed by atoms with Crippen LogP contribution in [-0.2, 0) is 17.9 Å². The minimum absolute atomic E-state index is 0.133. The van der Waals surface area contributed by atoms with Crippen molar-refractivity contribution in [2.45, 2.75) is 18.3 Å². The lowest BCUT2D eigenvalue weighted by atomic mass is 10.2. The maximum absolute atomic E-state index is 12.6. The van der Waals surface area contributed by atoms with Gasteiger partial charge in [0, 0.05) is 5.69 Å². The molecular weight excluding hydrogens is 472 g/mol. The van der Waals surface area contributed by atoms with Gasteiger partial charge in [-0.15, -0.1) is 10.2 Å². The Labute approximate surface area is 213 Å². The number of anilines is 1. The molecule has 0 aliphatic rings. The van der Waals surface area contributed by atoms with E-state index in [0.29, 0.717) is 35.6 Å². The Kier molecular flexibility index (Phi) is 7.44. The van der Waals surface area contributed by atoms with Crippen LogP contribution in [0.2, 0.25) is 0 Å². The van der Waals surface area contributed by atoms with Crippen LogP contribution in [0, 0.1) is 0 Å². The summed E-state index contributed by atoms with van der Waals surface area (Å²) in [6, 6.07) is 31.0. The van der Waals surface area contributed by atoms with E-state index in [1.807, 2.05) is 102 Å². The summed E-state index contributed by atoms with van der Waals surface area (Å²) in [5, 5.41) is 12.2. The van der Waals surface area contributed by atoms with Crippen LogP contribution in [0.3, 0.4) is 0 Å². The van der Waals surface area contributed by atoms with Gasteiger partial charge in [-0.05, 0) is 47.5 Å². The van der Waals surface area contributed by atoms with Crippen LogP contribution in [0.25, 0.3) is 11.6 Å². The fourth-order valence-corrected chi connectivity index (χ4v) is 4.33. The van der Waals surface area contributed by atoms with Gasteiger partial charge in [0.2, 0.25) is 11.7 Å². The molecule has 0 atom stereocenters. The maximum Gasteiger partial charge on any atom is 0.234 e. The fourth-order valence-electron chi connectivity index (χ4n) is 3.59. The highest BCUT2D eigenvalue weighted by Gasteiger charge is 2.18. The van der Waals surface area contributed by atoms with Gasteiger partial charge in [0.15, 0.2) is 10.9 Å². The topological polar surface area (TPSA) is 82.2 Å². The third kappa shape index (κ3) is 6.03. The third-order valence-corrected chi connectivity index (χ3v) is 6.33. The molecule has 2 heterocycles. The molecule has 7 nitrogen and oxygen atoms in total. The zero-order valence-corrected chi connectivity index (χ0v) is 20.2. The van der Waals surface area contributed by atoms with Crippen molar-refractivity contribution in [2.24, 2.45) is 0 Å². The van der Waals surface area contributed by atoms with Crippen molar-refractivity contribution in [1.29, 1.82) is 0 Å². The van der Waals surface area contributed by atoms with E-state index in [0.717, 1.165) is 16.9 Å². The van der Waals surface area contributed by atoms with Crippen molar-refractivity contribution in [1.82, 2.24) is 14.8 Å². The van der Waals surface area contributed by atoms with Crippen molar-refractivity contribution < 1.29 is 13.9 Å². The summed E-state index contributed by atoms with van der Waals surface area (Å²) in [6.07, 6.45) is 1.61. The number of thioether (sulfide) groups is 1. The largest absolute Gasteiger partial charge is 0.489 e. The smallest absolute Gasteiger partial charge is 0.234 e. The Morgan fingerprint density at radius 3 is 2.28 bits per heavy atom. The van der Waals surface area contributed by atoms with Crippen LogP contribution in [-0.4, -0.2) is 26.4 Å². The van der Waals surface area contributed by atoms with Crippen LogP contribution in [0.1, 0.15) is 11.1 Å². The molecule has 8 heteroatoms. The van der Waals surface area contributed by atoms with E-state index in [1.54, 1.807) is 6.26 Å². The van der Waals surface area contributed by atoms with Gasteiger partial charge in [-0.1, -0.05) is 72.4 Å². The summed E-state index contributed by atoms with van der Waals surface area (Å²) in [7, 11) is 0. The minimum atomic E-state index is -0.133. The van der Waals surface area contributed by atoms with Crippen molar-refractivity contribution in [3.8, 4) is 17.3 Å². The second-order valence-electron chi connectivity index (χ2n) is 7.99. The summed E-state index contributed by atoms with van der Waals surface area (Å²) < 4.78 is 13.3. The van der Waals surface area contributed by atoms with Crippen LogP contribution < -0.4 is 10.1 Å². The van der Waals surface area contributed by atoms with Gasteiger partial charge < -0.3 is 14.5 Å². The molecule has 5 aromatic rings. The molecule has 0 unspecified atom stereocenters. The van der Waals surface area contributed by atoms with Crippen LogP contribution in [0.5, 0.6) is 5.75 Å². The Bertz CT molecular complexity index is 1390. The summed E-state index contributed by atoms with van der Waals surface area (Å²) in [4.78, 5) is 12.6. The first-order valence-electron chi connectivity index (χ1n) is 11.4. The molecule has 1 N–H and O–H groups in total. The Hall–Kier alpha value is -4.30. The van der Waals surface area contributed by atoms with E-state index in [1.165, 1.54) is 11.8 Å². The lowest BCUT2D eigenvalue weighted by Gasteiger charge is -2.10. The van der Waals surface area contributed by atoms with Gasteiger partial charge >= 0.3 is 0 Å². The predicted molar refractivity (Wildman–Crippen MR) is 140 cm³/mol. The summed E-state index contributed by atoms with van der Waals surface area (Å²) >= 11 is 1.33. The van der Waals surface area contributed by atoms with E-state index >= 15 is 0 Å². The SMILES string of the molecule is O=C(CSc1nnc(-c2ccco2)n1Cc1ccccc1)Nc1ccc(OCc2ccccc2)cc1. The average molecular weight is 497 g/mol. The fraction of sp³-hybridized carbons (Fsp3) is 0.107. The van der Waals surface area contributed by atoms with E-state index in [-0.39, 0.29) is 11.7 Å². The van der Waals surface area contributed by atoms with Crippen LogP contribution >= 0.6 is 11.8 Å². The standard InChI is InChI=1S/C28H24N4O3S/c33-26(29-23-13-15-24(16-14-23)35-19-22-10-5-2-6-11-22)20-36-28-31-30-27(25-12-7-17-34-25)32(28)18-21-8-3-1-4-9-21/h1-17H,18-20H2,(H,29,33). The van der Waals surface area contributed by atoms with Gasteiger partial charge in [0.1, 0.15) is 12.4 Å². The number of amides is 1. The molecule has 0 fully saturated rings. The molecule has 180 valence electrons. The monoisotopic (exact) mass is 496 g/mol. The number of nitrogens with zero attached hydrogens (tertiary/aromatic N) is 3. The summed E-state index contributed by atoms with van der Waals surface area (Å²) in [5.41, 5.74) is 2.91. The lowest BCUT2D eigenvalue weighted by Crippen LogP contribution is -2.14. The number of benzene rings is 3. The molecule has 2 aromatic heterocycles. The van der Waals surface area contributed by atoms with Crippen molar-refractivity contribution in [3.05, 3.63) is 114 Å². The Morgan fingerprint density at radius 1 is 0.861 bits per heavy atom. The van der Waals surface area contributed by atoms with Crippen LogP contribution in [0.4, 0.5) is 5.69 Å². The normalized spacial score (nSPS) is 10.8. The lowest BCUT2D eigenvalue weighted by molar-refractivity contribution is -0.113. The first-order valence-corrected chi connectivity index (χ1v) is 12.4. The number of hydrogen-bond acceptors (Lipinski definition) is 6. The van der Waals surface area contributed by atoms with Gasteiger partial charge in [-0.25, -0.2) is 0 Å². The van der Waals surface area contributed by atoms with Gasteiger partial charge in [-0.3, -0.25) is 9.36 Å². The highest BCUT2D eigenvalue weighted by Crippen LogP contribution is 2.26. The molecule has 36 heavy (non-hydrogen) atoms. The van der Waals surface area contributed by atoms with Crippen molar-refractivity contribution >= 4 is 23.4 Å². The Morgan fingerprint density at radius 2 is 1.58 bits per heavy atom. The third-order valence-electron chi connectivity index (χ3n) is 5.36. The maximum atomic E-state index is 12.6. The van der Waals surface area contributed by atoms with Crippen LogP contribution in [0.15, 0.2) is 113 Å². The summed E-state index contributed by atoms with van der Waals surface area (Å²) in [5.74, 6) is 2.05. The van der Waals surface area contributed by atoms with Crippen molar-refractivity contribution in [3.63, 3.8) is 0 Å². The van der Waals surface area contributed by atoms with E-state index in [9.17, 15) is 4.79 Å². The number of ether oxygens (including phenoxy) is 1. The first-order chi connectivity index (χ1) is 17.7. The quantitative estimate of drug-likeness (QED) is 0.243. The zero-order valence-electron chi connectivity index (χ0n) is 19.4. The number of carbonyl (C=O) groups excluding carboxylic acids is 1. The van der Waals surface area contributed by atoms with Gasteiger partial charge in [0.05, 0.1) is 18.6 Å². The molecule has 0 spiro atoms. The zero-order chi connectivity index (χ0) is 24.6. The molecule has 1 amide bonds. The molecule has 3 aromatic carbocycles. The minimum Gasteiger partial charge on any atom is -0.489 e. The second-order valence-corrected chi connectivity index (χ2v) is 8.93. The molecule has 0 aliphatic heterocycles. The molecule has 5 rings (SSSR count). The number of aromatic nitrogens is 3. The second kappa shape index (κ2) is 11.4. The Balaban J connectivity index is 1.20. The average Bonchev–Trinajstić information content (AvgIpc) is 3.59. The number of hydrogen-bond donors (Lipinski definition) is 1. The number of carbonyl (C=O) groups is 1. The number of furan rings is 1. The summed E-state index contributed by atoms with van der Waals surface area (Å²) in [6.45, 7) is 1.06. The van der Waals surface area contributed by atoms with E-state index in [2.05, 4.69) is 15.5 Å². The molecular formula is C28H24N4O3S. The van der Waals surface area contributed by atoms with Gasteiger partial charge in [-0.2, -0.15) is 0 Å². The molecule has 0 bridgehead atoms. The number of nitrogens with one attached hydrogen (secondary N) is 1. The van der Waals surface area contributed by atoms with E-state index in [4.69, 9.17) is 9.15 Å². The van der Waals surface area contributed by atoms with Crippen molar-refractivity contribution in [2.75, 3.05) is 11.1 Å². The first kappa shape index (κ1) is 23.4. The van der Waals surface area contributed by atoms with Gasteiger partial charge in [0.25, 0.3) is 0 Å². The predicted octanol–water partition coefficient (Wildman–Crippen LogP) is 5.90. The van der Waals surface area contributed by atoms with E-state index < -0.39 is 0 Å². The molecule has 0 saturated heterocycles. The highest BCUT2D eigenvalue weighted by atomic mass is 32.2. The number of rotatable bonds is 10. The molecule has 0 saturated carbocycles.